The summed E-state index contributed by atoms with van der Waals surface area (Å²) in [5.74, 6) is -0.224. The fourth-order valence-corrected chi connectivity index (χ4v) is 2.85. The number of hydrogen-bond donors (Lipinski definition) is 1. The van der Waals surface area contributed by atoms with Crippen molar-refractivity contribution in [1.29, 1.82) is 5.26 Å². The number of nitrogens with zero attached hydrogens (tertiary/aromatic N) is 1. The van der Waals surface area contributed by atoms with Crippen LogP contribution in [-0.4, -0.2) is 18.8 Å². The number of alkyl halides is 2. The minimum Gasteiger partial charge on any atom is -0.484 e. The molecule has 0 saturated heterocycles. The number of ether oxygens (including phenoxy) is 3. The molecule has 1 aliphatic heterocycles. The van der Waals surface area contributed by atoms with E-state index in [9.17, 15) is 13.6 Å². The highest BCUT2D eigenvalue weighted by atomic mass is 19.3. The van der Waals surface area contributed by atoms with Crippen molar-refractivity contribution in [1.82, 2.24) is 0 Å². The lowest BCUT2D eigenvalue weighted by Gasteiger charge is -2.09. The third-order valence-corrected chi connectivity index (χ3v) is 4.26. The predicted octanol–water partition coefficient (Wildman–Crippen LogP) is 4.56. The van der Waals surface area contributed by atoms with Crippen molar-refractivity contribution in [2.45, 2.75) is 6.29 Å². The van der Waals surface area contributed by atoms with Crippen molar-refractivity contribution >= 4 is 11.6 Å². The number of carbonyl (C=O) groups excluding carboxylic acids is 1. The SMILES string of the molecule is N#Cc1ccc(-c2ccc(OCC(=O)Nc3ccc4c(c3)OC(F)(F)O4)cc2)cc1. The van der Waals surface area contributed by atoms with E-state index in [1.807, 2.05) is 24.3 Å². The molecule has 1 heterocycles. The first kappa shape index (κ1) is 19.2. The molecular weight excluding hydrogens is 394 g/mol. The summed E-state index contributed by atoms with van der Waals surface area (Å²) in [4.78, 5) is 12.1. The quantitative estimate of drug-likeness (QED) is 0.669. The molecule has 6 nitrogen and oxygen atoms in total. The van der Waals surface area contributed by atoms with Crippen LogP contribution in [0.5, 0.6) is 17.2 Å². The van der Waals surface area contributed by atoms with Crippen LogP contribution in [0.25, 0.3) is 11.1 Å². The highest BCUT2D eigenvalue weighted by Gasteiger charge is 2.43. The fourth-order valence-electron chi connectivity index (χ4n) is 2.85. The summed E-state index contributed by atoms with van der Waals surface area (Å²) >= 11 is 0. The van der Waals surface area contributed by atoms with Crippen molar-refractivity contribution in [3.63, 3.8) is 0 Å². The van der Waals surface area contributed by atoms with Gasteiger partial charge in [0.25, 0.3) is 5.91 Å². The monoisotopic (exact) mass is 408 g/mol. The minimum atomic E-state index is -3.71. The summed E-state index contributed by atoms with van der Waals surface area (Å²) < 4.78 is 40.2. The van der Waals surface area contributed by atoms with Crippen LogP contribution in [0.2, 0.25) is 0 Å². The van der Waals surface area contributed by atoms with Gasteiger partial charge in [-0.15, -0.1) is 8.78 Å². The molecule has 0 atom stereocenters. The van der Waals surface area contributed by atoms with Crippen LogP contribution in [0.3, 0.4) is 0 Å². The molecule has 1 amide bonds. The van der Waals surface area contributed by atoms with Gasteiger partial charge in [0.1, 0.15) is 5.75 Å². The summed E-state index contributed by atoms with van der Waals surface area (Å²) in [5, 5.41) is 11.4. The van der Waals surface area contributed by atoms with Crippen molar-refractivity contribution in [2.24, 2.45) is 0 Å². The third kappa shape index (κ3) is 4.31. The summed E-state index contributed by atoms with van der Waals surface area (Å²) in [5.41, 5.74) is 2.75. The first-order valence-electron chi connectivity index (χ1n) is 8.85. The van der Waals surface area contributed by atoms with Crippen LogP contribution in [0.1, 0.15) is 5.56 Å². The Kier molecular flexibility index (Phi) is 4.94. The maximum Gasteiger partial charge on any atom is 0.586 e. The van der Waals surface area contributed by atoms with Crippen molar-refractivity contribution < 1.29 is 27.8 Å². The van der Waals surface area contributed by atoms with Crippen LogP contribution in [0.15, 0.2) is 66.7 Å². The predicted molar refractivity (Wildman–Crippen MR) is 103 cm³/mol. The Balaban J connectivity index is 1.32. The second-order valence-electron chi connectivity index (χ2n) is 6.38. The molecule has 30 heavy (non-hydrogen) atoms. The highest BCUT2D eigenvalue weighted by molar-refractivity contribution is 5.92. The van der Waals surface area contributed by atoms with Gasteiger partial charge in [-0.3, -0.25) is 4.79 Å². The van der Waals surface area contributed by atoms with Crippen molar-refractivity contribution in [3.8, 4) is 34.4 Å². The van der Waals surface area contributed by atoms with Gasteiger partial charge in [0, 0.05) is 11.8 Å². The second-order valence-corrected chi connectivity index (χ2v) is 6.38. The van der Waals surface area contributed by atoms with E-state index in [1.54, 1.807) is 24.3 Å². The van der Waals surface area contributed by atoms with Crippen molar-refractivity contribution in [2.75, 3.05) is 11.9 Å². The van der Waals surface area contributed by atoms with Crippen LogP contribution in [0.4, 0.5) is 14.5 Å². The first-order chi connectivity index (χ1) is 14.4. The number of nitrogens with one attached hydrogen (secondary N) is 1. The highest BCUT2D eigenvalue weighted by Crippen LogP contribution is 2.42. The number of amides is 1. The van der Waals surface area contributed by atoms with E-state index < -0.39 is 12.2 Å². The zero-order chi connectivity index (χ0) is 21.1. The molecule has 1 aliphatic rings. The number of carbonyl (C=O) groups is 1. The number of hydrogen-bond acceptors (Lipinski definition) is 5. The van der Waals surface area contributed by atoms with Gasteiger partial charge in [-0.25, -0.2) is 0 Å². The molecule has 1 N–H and O–H groups in total. The molecule has 0 unspecified atom stereocenters. The topological polar surface area (TPSA) is 80.6 Å². The Labute approximate surface area is 170 Å². The largest absolute Gasteiger partial charge is 0.586 e. The molecule has 150 valence electrons. The lowest BCUT2D eigenvalue weighted by Crippen LogP contribution is -2.25. The molecule has 0 bridgehead atoms. The fraction of sp³-hybridized carbons (Fsp3) is 0.0909. The number of halogens is 2. The summed E-state index contributed by atoms with van der Waals surface area (Å²) in [7, 11) is 0. The average Bonchev–Trinajstić information content (AvgIpc) is 3.06. The van der Waals surface area contributed by atoms with Gasteiger partial charge in [0.2, 0.25) is 0 Å². The Bertz CT molecular complexity index is 1120. The maximum absolute atomic E-state index is 13.0. The first-order valence-corrected chi connectivity index (χ1v) is 8.85. The standard InChI is InChI=1S/C22H14F2N2O4/c23-22(24)29-19-10-7-17(11-20(19)30-22)26-21(27)13-28-18-8-5-16(6-9-18)15-3-1-14(12-25)2-4-15/h1-11H,13H2,(H,26,27). The lowest BCUT2D eigenvalue weighted by atomic mass is 10.0. The molecule has 0 fully saturated rings. The van der Waals surface area contributed by atoms with E-state index in [2.05, 4.69) is 20.9 Å². The van der Waals surface area contributed by atoms with Crippen LogP contribution in [0, 0.1) is 11.3 Å². The molecule has 0 spiro atoms. The van der Waals surface area contributed by atoms with Gasteiger partial charge in [0.15, 0.2) is 18.1 Å². The minimum absolute atomic E-state index is 0.100. The van der Waals surface area contributed by atoms with Gasteiger partial charge < -0.3 is 19.5 Å². The Morgan fingerprint density at radius 2 is 1.60 bits per heavy atom. The Morgan fingerprint density at radius 3 is 2.27 bits per heavy atom. The molecular formula is C22H14F2N2O4. The molecule has 0 saturated carbocycles. The lowest BCUT2D eigenvalue weighted by molar-refractivity contribution is -0.286. The number of fused-ring (bicyclic) bond motifs is 1. The molecule has 8 heteroatoms. The zero-order valence-corrected chi connectivity index (χ0v) is 15.4. The third-order valence-electron chi connectivity index (χ3n) is 4.26. The van der Waals surface area contributed by atoms with Gasteiger partial charge >= 0.3 is 6.29 Å². The summed E-state index contributed by atoms with van der Waals surface area (Å²) in [6.45, 7) is -0.263. The molecule has 4 rings (SSSR count). The Hall–Kier alpha value is -4.12. The van der Waals surface area contributed by atoms with Crippen LogP contribution in [-0.2, 0) is 4.79 Å². The van der Waals surface area contributed by atoms with Gasteiger partial charge in [0.05, 0.1) is 11.6 Å². The molecule has 0 radical (unpaired) electrons. The maximum atomic E-state index is 13.0. The molecule has 3 aromatic carbocycles. The van der Waals surface area contributed by atoms with E-state index in [1.165, 1.54) is 18.2 Å². The van der Waals surface area contributed by atoms with Crippen molar-refractivity contribution in [3.05, 3.63) is 72.3 Å². The van der Waals surface area contributed by atoms with E-state index >= 15 is 0 Å². The normalized spacial score (nSPS) is 13.4. The van der Waals surface area contributed by atoms with Gasteiger partial charge in [-0.1, -0.05) is 24.3 Å². The smallest absolute Gasteiger partial charge is 0.484 e. The number of nitriles is 1. The second kappa shape index (κ2) is 7.72. The number of benzene rings is 3. The molecule has 0 aliphatic carbocycles. The van der Waals surface area contributed by atoms with E-state index in [0.29, 0.717) is 11.3 Å². The van der Waals surface area contributed by atoms with E-state index in [0.717, 1.165) is 11.1 Å². The van der Waals surface area contributed by atoms with Crippen LogP contribution >= 0.6 is 0 Å². The van der Waals surface area contributed by atoms with Gasteiger partial charge in [-0.05, 0) is 47.5 Å². The average molecular weight is 408 g/mol. The van der Waals surface area contributed by atoms with Gasteiger partial charge in [-0.2, -0.15) is 5.26 Å². The number of anilines is 1. The van der Waals surface area contributed by atoms with Crippen LogP contribution < -0.4 is 19.5 Å². The molecule has 0 aromatic heterocycles. The summed E-state index contributed by atoms with van der Waals surface area (Å²) in [6.07, 6.45) is -3.71. The summed E-state index contributed by atoms with van der Waals surface area (Å²) in [6, 6.07) is 20.3. The zero-order valence-electron chi connectivity index (χ0n) is 15.4. The number of rotatable bonds is 5. The Morgan fingerprint density at radius 1 is 0.967 bits per heavy atom. The van der Waals surface area contributed by atoms with E-state index in [4.69, 9.17) is 10.00 Å². The van der Waals surface area contributed by atoms with E-state index in [-0.39, 0.29) is 23.8 Å². The molecule has 3 aromatic rings.